The molecule has 0 spiro atoms. The van der Waals surface area contributed by atoms with E-state index in [-0.39, 0.29) is 11.5 Å². The maximum absolute atomic E-state index is 12.9. The van der Waals surface area contributed by atoms with E-state index in [2.05, 4.69) is 15.6 Å². The Bertz CT molecular complexity index is 1460. The first kappa shape index (κ1) is 24.7. The highest BCUT2D eigenvalue weighted by atomic mass is 32.1. The molecule has 0 saturated carbocycles. The molecule has 0 bridgehead atoms. The van der Waals surface area contributed by atoms with Crippen LogP contribution < -0.4 is 5.32 Å². The molecule has 1 aliphatic heterocycles. The number of amides is 1. The lowest BCUT2D eigenvalue weighted by Gasteiger charge is -2.26. The van der Waals surface area contributed by atoms with Crippen LogP contribution in [0.25, 0.3) is 27.4 Å². The molecule has 1 saturated heterocycles. The number of carbonyl (C=O) groups excluding carboxylic acids is 1. The van der Waals surface area contributed by atoms with Crippen molar-refractivity contribution in [2.24, 2.45) is 0 Å². The Hall–Kier alpha value is -4.03. The first-order valence-electron chi connectivity index (χ1n) is 11.3. The normalized spacial score (nSPS) is 14.1. The van der Waals surface area contributed by atoms with Crippen molar-refractivity contribution >= 4 is 23.2 Å². The number of rotatable bonds is 5. The molecular formula is C25H20F3N5O3S. The number of carboxylic acid groups (broad SMARTS) is 1. The van der Waals surface area contributed by atoms with Crippen LogP contribution in [0.1, 0.15) is 25.6 Å². The van der Waals surface area contributed by atoms with Gasteiger partial charge in [0.15, 0.2) is 0 Å². The van der Waals surface area contributed by atoms with Crippen molar-refractivity contribution in [2.75, 3.05) is 26.2 Å². The number of piperazine rings is 1. The summed E-state index contributed by atoms with van der Waals surface area (Å²) in [5, 5.41) is 21.0. The second kappa shape index (κ2) is 9.79. The van der Waals surface area contributed by atoms with Crippen molar-refractivity contribution in [3.8, 4) is 27.4 Å². The van der Waals surface area contributed by atoms with E-state index >= 15 is 0 Å². The van der Waals surface area contributed by atoms with E-state index in [1.807, 2.05) is 0 Å². The number of hydrogen-bond donors (Lipinski definition) is 2. The van der Waals surface area contributed by atoms with Gasteiger partial charge in [-0.25, -0.2) is 9.48 Å². The number of nitrogens with one attached hydrogen (secondary N) is 1. The van der Waals surface area contributed by atoms with Crippen molar-refractivity contribution in [2.45, 2.75) is 6.18 Å². The zero-order valence-electron chi connectivity index (χ0n) is 19.2. The van der Waals surface area contributed by atoms with Crippen LogP contribution in [0.5, 0.6) is 0 Å². The Kier molecular flexibility index (Phi) is 6.52. The molecule has 2 aromatic carbocycles. The molecule has 8 nitrogen and oxygen atoms in total. The molecule has 1 aliphatic rings. The SMILES string of the molecule is O=C(O)c1cc(-c2ccc(C(=O)N3CCNCC3)s2)cc(-n2cc(-c3ccc(C(F)(F)F)cc3)nn2)c1. The van der Waals surface area contributed by atoms with Gasteiger partial charge in [-0.05, 0) is 48.0 Å². The summed E-state index contributed by atoms with van der Waals surface area (Å²) in [6.07, 6.45) is -2.93. The fraction of sp³-hybridized carbons (Fsp3) is 0.200. The fourth-order valence-corrected chi connectivity index (χ4v) is 4.95. The van der Waals surface area contributed by atoms with Crippen LogP contribution in [0, 0.1) is 0 Å². The Balaban J connectivity index is 1.45. The number of halogens is 3. The van der Waals surface area contributed by atoms with Gasteiger partial charge in [0.1, 0.15) is 5.69 Å². The summed E-state index contributed by atoms with van der Waals surface area (Å²) >= 11 is 1.28. The minimum absolute atomic E-state index is 0.0162. The highest BCUT2D eigenvalue weighted by Gasteiger charge is 2.30. The molecule has 37 heavy (non-hydrogen) atoms. The molecule has 0 aliphatic carbocycles. The number of hydrogen-bond acceptors (Lipinski definition) is 6. The Morgan fingerprint density at radius 1 is 0.973 bits per heavy atom. The van der Waals surface area contributed by atoms with Crippen molar-refractivity contribution in [1.29, 1.82) is 0 Å². The van der Waals surface area contributed by atoms with E-state index in [0.29, 0.717) is 45.4 Å². The molecule has 2 aromatic heterocycles. The number of aromatic carboxylic acids is 1. The number of aromatic nitrogens is 3. The van der Waals surface area contributed by atoms with Crippen LogP contribution in [0.15, 0.2) is 60.8 Å². The molecule has 190 valence electrons. The van der Waals surface area contributed by atoms with Crippen molar-refractivity contribution < 1.29 is 27.9 Å². The van der Waals surface area contributed by atoms with Gasteiger partial charge in [0.2, 0.25) is 0 Å². The van der Waals surface area contributed by atoms with Crippen LogP contribution in [0.3, 0.4) is 0 Å². The van der Waals surface area contributed by atoms with Crippen LogP contribution in [0.4, 0.5) is 13.2 Å². The third kappa shape index (κ3) is 5.25. The smallest absolute Gasteiger partial charge is 0.416 e. The summed E-state index contributed by atoms with van der Waals surface area (Å²) in [6, 6.07) is 12.7. The van der Waals surface area contributed by atoms with E-state index in [1.54, 1.807) is 23.1 Å². The number of alkyl halides is 3. The van der Waals surface area contributed by atoms with Gasteiger partial charge in [-0.3, -0.25) is 4.79 Å². The standard InChI is InChI=1S/C25H20F3N5O3S/c26-25(27,28)18-3-1-15(2-4-18)20-14-33(31-30-20)19-12-16(11-17(13-19)24(35)36)21-5-6-22(37-21)23(34)32-9-7-29-8-10-32/h1-6,11-14,29H,7-10H2,(H,35,36). The third-order valence-corrected chi connectivity index (χ3v) is 7.06. The summed E-state index contributed by atoms with van der Waals surface area (Å²) in [5.41, 5.74) is 1.00. The molecule has 4 aromatic rings. The van der Waals surface area contributed by atoms with E-state index in [4.69, 9.17) is 0 Å². The van der Waals surface area contributed by atoms with Crippen molar-refractivity contribution in [3.63, 3.8) is 0 Å². The lowest BCUT2D eigenvalue weighted by atomic mass is 10.1. The monoisotopic (exact) mass is 527 g/mol. The van der Waals surface area contributed by atoms with Gasteiger partial charge in [-0.1, -0.05) is 17.3 Å². The number of carbonyl (C=O) groups is 2. The Morgan fingerprint density at radius 2 is 1.70 bits per heavy atom. The van der Waals surface area contributed by atoms with E-state index in [9.17, 15) is 27.9 Å². The highest BCUT2D eigenvalue weighted by molar-refractivity contribution is 7.17. The van der Waals surface area contributed by atoms with Gasteiger partial charge in [-0.2, -0.15) is 13.2 Å². The molecule has 5 rings (SSSR count). The van der Waals surface area contributed by atoms with E-state index < -0.39 is 17.7 Å². The molecule has 1 amide bonds. The number of benzene rings is 2. The van der Waals surface area contributed by atoms with Crippen molar-refractivity contribution in [3.05, 3.63) is 76.8 Å². The van der Waals surface area contributed by atoms with Gasteiger partial charge < -0.3 is 15.3 Å². The summed E-state index contributed by atoms with van der Waals surface area (Å²) in [4.78, 5) is 27.7. The number of carboxylic acids is 1. The van der Waals surface area contributed by atoms with Gasteiger partial charge in [0, 0.05) is 36.6 Å². The minimum Gasteiger partial charge on any atom is -0.478 e. The predicted molar refractivity (Wildman–Crippen MR) is 131 cm³/mol. The fourth-order valence-electron chi connectivity index (χ4n) is 3.99. The van der Waals surface area contributed by atoms with Gasteiger partial charge in [0.05, 0.1) is 27.9 Å². The van der Waals surface area contributed by atoms with E-state index in [1.165, 1.54) is 46.5 Å². The maximum Gasteiger partial charge on any atom is 0.416 e. The summed E-state index contributed by atoms with van der Waals surface area (Å²) in [6.45, 7) is 2.72. The molecule has 12 heteroatoms. The zero-order valence-corrected chi connectivity index (χ0v) is 20.0. The average Bonchev–Trinajstić information content (AvgIpc) is 3.59. The average molecular weight is 528 g/mol. The van der Waals surface area contributed by atoms with Gasteiger partial charge in [-0.15, -0.1) is 16.4 Å². The topological polar surface area (TPSA) is 100 Å². The maximum atomic E-state index is 12.9. The summed E-state index contributed by atoms with van der Waals surface area (Å²) in [7, 11) is 0. The Morgan fingerprint density at radius 3 is 2.38 bits per heavy atom. The first-order chi connectivity index (χ1) is 17.7. The summed E-state index contributed by atoms with van der Waals surface area (Å²) in [5.74, 6) is -1.20. The van der Waals surface area contributed by atoms with Crippen LogP contribution in [-0.2, 0) is 6.18 Å². The van der Waals surface area contributed by atoms with Crippen LogP contribution in [0.2, 0.25) is 0 Å². The lowest BCUT2D eigenvalue weighted by molar-refractivity contribution is -0.137. The Labute approximate surface area is 213 Å². The third-order valence-electron chi connectivity index (χ3n) is 5.94. The van der Waals surface area contributed by atoms with Gasteiger partial charge >= 0.3 is 12.1 Å². The quantitative estimate of drug-likeness (QED) is 0.399. The molecule has 2 N–H and O–H groups in total. The van der Waals surface area contributed by atoms with Crippen LogP contribution >= 0.6 is 11.3 Å². The predicted octanol–water partition coefficient (Wildman–Crippen LogP) is 4.43. The minimum atomic E-state index is -4.44. The van der Waals surface area contributed by atoms with Crippen molar-refractivity contribution in [1.82, 2.24) is 25.2 Å². The zero-order chi connectivity index (χ0) is 26.2. The van der Waals surface area contributed by atoms with Crippen LogP contribution in [-0.4, -0.2) is 63.1 Å². The highest BCUT2D eigenvalue weighted by Crippen LogP contribution is 2.33. The van der Waals surface area contributed by atoms with E-state index in [0.717, 1.165) is 25.2 Å². The first-order valence-corrected chi connectivity index (χ1v) is 12.1. The molecule has 0 unspecified atom stereocenters. The second-order valence-corrected chi connectivity index (χ2v) is 9.49. The molecule has 1 fully saturated rings. The largest absolute Gasteiger partial charge is 0.478 e. The molecular weight excluding hydrogens is 507 g/mol. The number of nitrogens with zero attached hydrogens (tertiary/aromatic N) is 4. The number of thiophene rings is 1. The lowest BCUT2D eigenvalue weighted by Crippen LogP contribution is -2.46. The summed E-state index contributed by atoms with van der Waals surface area (Å²) < 4.78 is 40.0. The molecule has 0 radical (unpaired) electrons. The second-order valence-electron chi connectivity index (χ2n) is 8.40. The molecule has 3 heterocycles. The van der Waals surface area contributed by atoms with Gasteiger partial charge in [0.25, 0.3) is 5.91 Å². The molecule has 0 atom stereocenters.